The predicted octanol–water partition coefficient (Wildman–Crippen LogP) is 2.46. The van der Waals surface area contributed by atoms with E-state index in [-0.39, 0.29) is 42.5 Å². The fourth-order valence-electron chi connectivity index (χ4n) is 2.11. The largest absolute Gasteiger partial charge is 0.374 e. The van der Waals surface area contributed by atoms with E-state index in [1.165, 1.54) is 5.56 Å². The standard InChI is InChI=1S/C18H30N4O2.HI/c1-4-19-17(23)14-22-18(20-5-2)21-12-9-13-24-15(3)16-10-7-6-8-11-16;/h6-8,10-11,15H,4-5,9,12-14H2,1-3H3,(H,19,23)(H2,20,21,22);1H. The fourth-order valence-corrected chi connectivity index (χ4v) is 2.11. The molecule has 1 aromatic carbocycles. The first-order valence-electron chi connectivity index (χ1n) is 8.62. The molecule has 0 bridgehead atoms. The molecule has 3 N–H and O–H groups in total. The van der Waals surface area contributed by atoms with Gasteiger partial charge in [-0.25, -0.2) is 4.99 Å². The highest BCUT2D eigenvalue weighted by Crippen LogP contribution is 2.15. The van der Waals surface area contributed by atoms with Crippen molar-refractivity contribution in [1.82, 2.24) is 16.0 Å². The molecule has 1 atom stereocenters. The molecule has 25 heavy (non-hydrogen) atoms. The van der Waals surface area contributed by atoms with E-state index in [4.69, 9.17) is 4.74 Å². The van der Waals surface area contributed by atoms with Gasteiger partial charge in [0.05, 0.1) is 6.10 Å². The Labute approximate surface area is 168 Å². The lowest BCUT2D eigenvalue weighted by atomic mass is 10.1. The maximum absolute atomic E-state index is 11.4. The summed E-state index contributed by atoms with van der Waals surface area (Å²) in [6.07, 6.45) is 0.953. The number of hydrogen-bond donors (Lipinski definition) is 3. The quantitative estimate of drug-likeness (QED) is 0.216. The number of rotatable bonds is 10. The summed E-state index contributed by atoms with van der Waals surface area (Å²) < 4.78 is 5.84. The minimum atomic E-state index is -0.0743. The van der Waals surface area contributed by atoms with Crippen LogP contribution in [0.3, 0.4) is 0 Å². The van der Waals surface area contributed by atoms with E-state index < -0.39 is 0 Å². The van der Waals surface area contributed by atoms with Crippen molar-refractivity contribution in [1.29, 1.82) is 0 Å². The molecule has 142 valence electrons. The molecule has 1 aromatic rings. The van der Waals surface area contributed by atoms with Crippen molar-refractivity contribution in [3.05, 3.63) is 35.9 Å². The average molecular weight is 462 g/mol. The first kappa shape index (κ1) is 23.6. The van der Waals surface area contributed by atoms with Gasteiger partial charge in [0, 0.05) is 26.2 Å². The van der Waals surface area contributed by atoms with Crippen molar-refractivity contribution in [2.24, 2.45) is 4.99 Å². The zero-order valence-corrected chi connectivity index (χ0v) is 17.7. The molecule has 6 nitrogen and oxygen atoms in total. The van der Waals surface area contributed by atoms with E-state index in [1.54, 1.807) is 0 Å². The summed E-state index contributed by atoms with van der Waals surface area (Å²) >= 11 is 0. The van der Waals surface area contributed by atoms with Crippen LogP contribution in [-0.4, -0.2) is 44.7 Å². The Morgan fingerprint density at radius 1 is 1.12 bits per heavy atom. The minimum Gasteiger partial charge on any atom is -0.374 e. The third kappa shape index (κ3) is 11.0. The maximum atomic E-state index is 11.4. The van der Waals surface area contributed by atoms with Crippen LogP contribution >= 0.6 is 24.0 Å². The Morgan fingerprint density at radius 3 is 2.44 bits per heavy atom. The molecular formula is C18H31IN4O2. The van der Waals surface area contributed by atoms with E-state index in [1.807, 2.05) is 32.0 Å². The first-order valence-corrected chi connectivity index (χ1v) is 8.62. The molecule has 0 spiro atoms. The van der Waals surface area contributed by atoms with Crippen molar-refractivity contribution < 1.29 is 9.53 Å². The number of nitrogens with one attached hydrogen (secondary N) is 3. The molecule has 7 heteroatoms. The van der Waals surface area contributed by atoms with Gasteiger partial charge in [0.25, 0.3) is 0 Å². The van der Waals surface area contributed by atoms with Gasteiger partial charge in [0.1, 0.15) is 6.54 Å². The third-order valence-corrected chi connectivity index (χ3v) is 3.35. The smallest absolute Gasteiger partial charge is 0.241 e. The average Bonchev–Trinajstić information content (AvgIpc) is 2.60. The molecule has 0 aromatic heterocycles. The van der Waals surface area contributed by atoms with Crippen LogP contribution in [0.2, 0.25) is 0 Å². The van der Waals surface area contributed by atoms with Gasteiger partial charge in [-0.15, -0.1) is 24.0 Å². The number of amides is 1. The van der Waals surface area contributed by atoms with E-state index in [9.17, 15) is 4.79 Å². The highest BCUT2D eigenvalue weighted by Gasteiger charge is 2.04. The molecule has 1 rings (SSSR count). The number of aliphatic imine (C=N–C) groups is 1. The third-order valence-electron chi connectivity index (χ3n) is 3.35. The van der Waals surface area contributed by atoms with Gasteiger partial charge in [0.15, 0.2) is 5.96 Å². The minimum absolute atomic E-state index is 0. The Kier molecular flexibility index (Phi) is 14.1. The topological polar surface area (TPSA) is 74.8 Å². The number of likely N-dealkylation sites (N-methyl/N-ethyl adjacent to an activating group) is 1. The zero-order valence-electron chi connectivity index (χ0n) is 15.4. The highest BCUT2D eigenvalue weighted by molar-refractivity contribution is 14.0. The monoisotopic (exact) mass is 462 g/mol. The van der Waals surface area contributed by atoms with Crippen LogP contribution in [0, 0.1) is 0 Å². The van der Waals surface area contributed by atoms with Crippen molar-refractivity contribution in [3.63, 3.8) is 0 Å². The number of carbonyl (C=O) groups excluding carboxylic acids is 1. The summed E-state index contributed by atoms with van der Waals surface area (Å²) in [7, 11) is 0. The van der Waals surface area contributed by atoms with Crippen LogP contribution in [0.15, 0.2) is 35.3 Å². The molecular weight excluding hydrogens is 431 g/mol. The molecule has 1 unspecified atom stereocenters. The summed E-state index contributed by atoms with van der Waals surface area (Å²) in [6.45, 7) is 8.85. The second kappa shape index (κ2) is 14.9. The summed E-state index contributed by atoms with van der Waals surface area (Å²) in [5.74, 6) is 0.578. The van der Waals surface area contributed by atoms with Crippen molar-refractivity contribution in [2.75, 3.05) is 32.8 Å². The summed E-state index contributed by atoms with van der Waals surface area (Å²) in [5.41, 5.74) is 1.18. The van der Waals surface area contributed by atoms with E-state index in [2.05, 4.69) is 40.0 Å². The van der Waals surface area contributed by atoms with Crippen LogP contribution in [0.4, 0.5) is 0 Å². The molecule has 0 saturated carbocycles. The molecule has 0 aliphatic rings. The van der Waals surface area contributed by atoms with Gasteiger partial charge in [-0.3, -0.25) is 4.79 Å². The Morgan fingerprint density at radius 2 is 1.80 bits per heavy atom. The second-order valence-corrected chi connectivity index (χ2v) is 5.35. The van der Waals surface area contributed by atoms with Crippen molar-refractivity contribution >= 4 is 35.8 Å². The second-order valence-electron chi connectivity index (χ2n) is 5.35. The van der Waals surface area contributed by atoms with Gasteiger partial charge in [-0.05, 0) is 32.8 Å². The maximum Gasteiger partial charge on any atom is 0.241 e. The molecule has 0 radical (unpaired) electrons. The van der Waals surface area contributed by atoms with E-state index in [0.717, 1.165) is 19.5 Å². The summed E-state index contributed by atoms with van der Waals surface area (Å²) in [6, 6.07) is 10.2. The van der Waals surface area contributed by atoms with Gasteiger partial charge < -0.3 is 20.7 Å². The molecule has 0 aliphatic heterocycles. The lowest BCUT2D eigenvalue weighted by Crippen LogP contribution is -2.39. The normalized spacial score (nSPS) is 12.0. The number of benzene rings is 1. The lowest BCUT2D eigenvalue weighted by Gasteiger charge is -2.14. The molecule has 0 aliphatic carbocycles. The SMILES string of the molecule is CCNC(=O)CN=C(NCC)NCCCOC(C)c1ccccc1.I. The molecule has 0 heterocycles. The predicted molar refractivity (Wildman–Crippen MR) is 114 cm³/mol. The number of halogens is 1. The number of hydrogen-bond acceptors (Lipinski definition) is 3. The molecule has 0 fully saturated rings. The Hall–Kier alpha value is -1.35. The highest BCUT2D eigenvalue weighted by atomic mass is 127. The van der Waals surface area contributed by atoms with Gasteiger partial charge in [-0.2, -0.15) is 0 Å². The number of carbonyl (C=O) groups is 1. The van der Waals surface area contributed by atoms with Crippen LogP contribution in [-0.2, 0) is 9.53 Å². The number of ether oxygens (including phenoxy) is 1. The van der Waals surface area contributed by atoms with Crippen LogP contribution in [0.1, 0.15) is 38.9 Å². The summed E-state index contributed by atoms with van der Waals surface area (Å²) in [4.78, 5) is 15.7. The zero-order chi connectivity index (χ0) is 17.6. The van der Waals surface area contributed by atoms with Gasteiger partial charge >= 0.3 is 0 Å². The van der Waals surface area contributed by atoms with Crippen LogP contribution in [0.5, 0.6) is 0 Å². The Balaban J connectivity index is 0.00000576. The van der Waals surface area contributed by atoms with Crippen LogP contribution in [0.25, 0.3) is 0 Å². The van der Waals surface area contributed by atoms with Crippen molar-refractivity contribution in [2.45, 2.75) is 33.3 Å². The summed E-state index contributed by atoms with van der Waals surface area (Å²) in [5, 5.41) is 9.06. The molecule has 0 saturated heterocycles. The van der Waals surface area contributed by atoms with Gasteiger partial charge in [-0.1, -0.05) is 30.3 Å². The Bertz CT molecular complexity index is 497. The number of nitrogens with zero attached hydrogens (tertiary/aromatic N) is 1. The van der Waals surface area contributed by atoms with E-state index >= 15 is 0 Å². The molecule has 1 amide bonds. The van der Waals surface area contributed by atoms with E-state index in [0.29, 0.717) is 19.1 Å². The lowest BCUT2D eigenvalue weighted by molar-refractivity contribution is -0.119. The van der Waals surface area contributed by atoms with Crippen LogP contribution < -0.4 is 16.0 Å². The van der Waals surface area contributed by atoms with Crippen molar-refractivity contribution in [3.8, 4) is 0 Å². The number of guanidine groups is 1. The fraction of sp³-hybridized carbons (Fsp3) is 0.556. The van der Waals surface area contributed by atoms with Gasteiger partial charge in [0.2, 0.25) is 5.91 Å². The first-order chi connectivity index (χ1) is 11.7.